The standard InChI is InChI=1S/C27H26FN3O4/c28-20-5-7-23(8-6-20)34-14-15-35-24-3-1-2-22(17-24)31-18-29-25-16-19(4-9-26(25)31)27(32)30-21-10-12-33-13-11-21/h1-9,16-18,21H,10-15H2,(H,30,32). The number of halogens is 1. The number of amides is 1. The lowest BCUT2D eigenvalue weighted by Gasteiger charge is -2.23. The summed E-state index contributed by atoms with van der Waals surface area (Å²) in [6.07, 6.45) is 3.40. The molecule has 5 rings (SSSR count). The van der Waals surface area contributed by atoms with E-state index in [0.717, 1.165) is 29.6 Å². The molecule has 0 spiro atoms. The van der Waals surface area contributed by atoms with Crippen LogP contribution in [0, 0.1) is 5.82 Å². The molecule has 7 nitrogen and oxygen atoms in total. The van der Waals surface area contributed by atoms with Crippen molar-refractivity contribution in [3.8, 4) is 17.2 Å². The molecule has 0 radical (unpaired) electrons. The maximum Gasteiger partial charge on any atom is 0.251 e. The van der Waals surface area contributed by atoms with Crippen LogP contribution in [0.5, 0.6) is 11.5 Å². The number of imidazole rings is 1. The average molecular weight is 476 g/mol. The van der Waals surface area contributed by atoms with E-state index in [-0.39, 0.29) is 17.8 Å². The van der Waals surface area contributed by atoms with Crippen LogP contribution in [-0.2, 0) is 4.74 Å². The van der Waals surface area contributed by atoms with Crippen molar-refractivity contribution in [2.45, 2.75) is 18.9 Å². The fourth-order valence-electron chi connectivity index (χ4n) is 4.04. The lowest BCUT2D eigenvalue weighted by atomic mass is 10.1. The molecule has 0 unspecified atom stereocenters. The second-order valence-corrected chi connectivity index (χ2v) is 8.33. The van der Waals surface area contributed by atoms with Gasteiger partial charge in [0.2, 0.25) is 0 Å². The minimum Gasteiger partial charge on any atom is -0.490 e. The Bertz CT molecular complexity index is 1300. The molecule has 180 valence electrons. The number of carbonyl (C=O) groups is 1. The summed E-state index contributed by atoms with van der Waals surface area (Å²) in [5.41, 5.74) is 3.12. The van der Waals surface area contributed by atoms with Gasteiger partial charge in [0.05, 0.1) is 16.7 Å². The molecule has 3 aromatic carbocycles. The third-order valence-corrected chi connectivity index (χ3v) is 5.90. The Hall–Kier alpha value is -3.91. The Balaban J connectivity index is 1.23. The van der Waals surface area contributed by atoms with Crippen LogP contribution in [-0.4, -0.2) is 47.9 Å². The maximum absolute atomic E-state index is 13.0. The molecule has 1 N–H and O–H groups in total. The number of ether oxygens (including phenoxy) is 3. The van der Waals surface area contributed by atoms with Gasteiger partial charge in [-0.15, -0.1) is 0 Å². The van der Waals surface area contributed by atoms with Gasteiger partial charge in [0.1, 0.15) is 36.9 Å². The normalized spacial score (nSPS) is 14.1. The number of carbonyl (C=O) groups excluding carboxylic acids is 1. The Morgan fingerprint density at radius 3 is 2.57 bits per heavy atom. The fraction of sp³-hybridized carbons (Fsp3) is 0.259. The third kappa shape index (κ3) is 5.60. The highest BCUT2D eigenvalue weighted by Crippen LogP contribution is 2.23. The molecule has 1 fully saturated rings. The average Bonchev–Trinajstić information content (AvgIpc) is 3.32. The van der Waals surface area contributed by atoms with Gasteiger partial charge in [0.15, 0.2) is 0 Å². The van der Waals surface area contributed by atoms with Gasteiger partial charge < -0.3 is 19.5 Å². The molecule has 0 atom stereocenters. The molecule has 8 heteroatoms. The Morgan fingerprint density at radius 2 is 1.77 bits per heavy atom. The Labute approximate surface area is 202 Å². The molecule has 0 saturated carbocycles. The largest absolute Gasteiger partial charge is 0.490 e. The van der Waals surface area contributed by atoms with Gasteiger partial charge in [0, 0.05) is 30.9 Å². The van der Waals surface area contributed by atoms with Crippen LogP contribution >= 0.6 is 0 Å². The van der Waals surface area contributed by atoms with Crippen LogP contribution in [0.3, 0.4) is 0 Å². The first kappa shape index (κ1) is 22.9. The van der Waals surface area contributed by atoms with Crippen LogP contribution < -0.4 is 14.8 Å². The van der Waals surface area contributed by atoms with Crippen LogP contribution in [0.25, 0.3) is 16.7 Å². The number of benzene rings is 3. The van der Waals surface area contributed by atoms with E-state index in [4.69, 9.17) is 14.2 Å². The van der Waals surface area contributed by atoms with Crippen LogP contribution in [0.2, 0.25) is 0 Å². The lowest BCUT2D eigenvalue weighted by Crippen LogP contribution is -2.38. The van der Waals surface area contributed by atoms with Crippen molar-refractivity contribution in [3.05, 3.63) is 84.4 Å². The number of nitrogens with one attached hydrogen (secondary N) is 1. The van der Waals surface area contributed by atoms with Gasteiger partial charge in [0.25, 0.3) is 5.91 Å². The Morgan fingerprint density at radius 1 is 1.00 bits per heavy atom. The van der Waals surface area contributed by atoms with Crippen LogP contribution in [0.4, 0.5) is 4.39 Å². The summed E-state index contributed by atoms with van der Waals surface area (Å²) in [5.74, 6) is 0.896. The van der Waals surface area contributed by atoms with Gasteiger partial charge >= 0.3 is 0 Å². The maximum atomic E-state index is 13.0. The smallest absolute Gasteiger partial charge is 0.251 e. The Kier molecular flexibility index (Phi) is 6.90. The summed E-state index contributed by atoms with van der Waals surface area (Å²) in [6.45, 7) is 2.04. The van der Waals surface area contributed by atoms with Crippen molar-refractivity contribution < 1.29 is 23.4 Å². The first-order valence-electron chi connectivity index (χ1n) is 11.6. The third-order valence-electron chi connectivity index (χ3n) is 5.90. The summed E-state index contributed by atoms with van der Waals surface area (Å²) in [5, 5.41) is 3.09. The van der Waals surface area contributed by atoms with E-state index in [1.165, 1.54) is 12.1 Å². The summed E-state index contributed by atoms with van der Waals surface area (Å²) in [6, 6.07) is 19.2. The highest BCUT2D eigenvalue weighted by molar-refractivity contribution is 5.97. The molecule has 0 aliphatic carbocycles. The van der Waals surface area contributed by atoms with E-state index in [1.807, 2.05) is 47.0 Å². The second kappa shape index (κ2) is 10.6. The zero-order valence-corrected chi connectivity index (χ0v) is 19.2. The van der Waals surface area contributed by atoms with Crippen LogP contribution in [0.1, 0.15) is 23.2 Å². The van der Waals surface area contributed by atoms with Crippen molar-refractivity contribution in [3.63, 3.8) is 0 Å². The van der Waals surface area contributed by atoms with Gasteiger partial charge in [-0.25, -0.2) is 9.37 Å². The van der Waals surface area contributed by atoms with E-state index in [0.29, 0.717) is 43.5 Å². The summed E-state index contributed by atoms with van der Waals surface area (Å²) in [7, 11) is 0. The van der Waals surface area contributed by atoms with Crippen molar-refractivity contribution in [1.82, 2.24) is 14.9 Å². The predicted molar refractivity (Wildman–Crippen MR) is 130 cm³/mol. The minimum atomic E-state index is -0.299. The molecule has 4 aromatic rings. The zero-order valence-electron chi connectivity index (χ0n) is 19.2. The van der Waals surface area contributed by atoms with Crippen molar-refractivity contribution in [1.29, 1.82) is 0 Å². The number of hydrogen-bond donors (Lipinski definition) is 1. The zero-order chi connectivity index (χ0) is 24.0. The van der Waals surface area contributed by atoms with E-state index in [1.54, 1.807) is 18.5 Å². The van der Waals surface area contributed by atoms with Gasteiger partial charge in [-0.2, -0.15) is 0 Å². The van der Waals surface area contributed by atoms with Crippen molar-refractivity contribution in [2.75, 3.05) is 26.4 Å². The van der Waals surface area contributed by atoms with E-state index >= 15 is 0 Å². The van der Waals surface area contributed by atoms with Crippen molar-refractivity contribution >= 4 is 16.9 Å². The first-order chi connectivity index (χ1) is 17.2. The molecule has 1 saturated heterocycles. The van der Waals surface area contributed by atoms with Crippen molar-refractivity contribution in [2.24, 2.45) is 0 Å². The quantitative estimate of drug-likeness (QED) is 0.379. The van der Waals surface area contributed by atoms with E-state index in [2.05, 4.69) is 10.3 Å². The molecule has 0 bridgehead atoms. The summed E-state index contributed by atoms with van der Waals surface area (Å²) < 4.78 is 31.7. The molecule has 35 heavy (non-hydrogen) atoms. The monoisotopic (exact) mass is 475 g/mol. The van der Waals surface area contributed by atoms with Gasteiger partial charge in [-0.05, 0) is 67.4 Å². The fourth-order valence-corrected chi connectivity index (χ4v) is 4.04. The molecule has 1 amide bonds. The first-order valence-corrected chi connectivity index (χ1v) is 11.6. The number of nitrogens with zero attached hydrogens (tertiary/aromatic N) is 2. The number of aromatic nitrogens is 2. The highest BCUT2D eigenvalue weighted by Gasteiger charge is 2.18. The van der Waals surface area contributed by atoms with Crippen LogP contribution in [0.15, 0.2) is 73.1 Å². The minimum absolute atomic E-state index is 0.0911. The van der Waals surface area contributed by atoms with Gasteiger partial charge in [-0.1, -0.05) is 6.07 Å². The molecule has 1 aliphatic rings. The highest BCUT2D eigenvalue weighted by atomic mass is 19.1. The predicted octanol–water partition coefficient (Wildman–Crippen LogP) is 4.53. The number of fused-ring (bicyclic) bond motifs is 1. The SMILES string of the molecule is O=C(NC1CCOCC1)c1ccc2c(c1)ncn2-c1cccc(OCCOc2ccc(F)cc2)c1. The molecule has 1 aliphatic heterocycles. The van der Waals surface area contributed by atoms with Gasteiger partial charge in [-0.3, -0.25) is 9.36 Å². The topological polar surface area (TPSA) is 74.6 Å². The molecule has 1 aromatic heterocycles. The number of rotatable bonds is 8. The number of hydrogen-bond acceptors (Lipinski definition) is 5. The molecular weight excluding hydrogens is 449 g/mol. The summed E-state index contributed by atoms with van der Waals surface area (Å²) in [4.78, 5) is 17.2. The van der Waals surface area contributed by atoms with E-state index < -0.39 is 0 Å². The molecular formula is C27H26FN3O4. The molecule has 2 heterocycles. The summed E-state index contributed by atoms with van der Waals surface area (Å²) >= 11 is 0. The van der Waals surface area contributed by atoms with E-state index in [9.17, 15) is 9.18 Å². The lowest BCUT2D eigenvalue weighted by molar-refractivity contribution is 0.0696. The second-order valence-electron chi connectivity index (χ2n) is 8.33.